The van der Waals surface area contributed by atoms with Crippen molar-refractivity contribution in [2.45, 2.75) is 33.1 Å². The van der Waals surface area contributed by atoms with Crippen LogP contribution < -0.4 is 4.74 Å². The second-order valence-corrected chi connectivity index (χ2v) is 5.22. The second kappa shape index (κ2) is 8.32. The van der Waals surface area contributed by atoms with Crippen LogP contribution >= 0.6 is 0 Å². The van der Waals surface area contributed by atoms with Crippen molar-refractivity contribution in [1.82, 2.24) is 0 Å². The van der Waals surface area contributed by atoms with Gasteiger partial charge in [0.25, 0.3) is 0 Å². The van der Waals surface area contributed by atoms with Crippen LogP contribution in [0, 0.1) is 5.82 Å². The highest BCUT2D eigenvalue weighted by atomic mass is 19.1. The van der Waals surface area contributed by atoms with Crippen molar-refractivity contribution in [2.24, 2.45) is 0 Å². The van der Waals surface area contributed by atoms with E-state index in [9.17, 15) is 9.18 Å². The fraction of sp³-hybridized carbons (Fsp3) is 0.316. The van der Waals surface area contributed by atoms with E-state index >= 15 is 0 Å². The summed E-state index contributed by atoms with van der Waals surface area (Å²) in [4.78, 5) is 11.6. The molecule has 0 saturated carbocycles. The van der Waals surface area contributed by atoms with E-state index in [1.807, 2.05) is 24.3 Å². The van der Waals surface area contributed by atoms with Crippen LogP contribution in [0.1, 0.15) is 42.6 Å². The van der Waals surface area contributed by atoms with E-state index in [1.165, 1.54) is 17.7 Å². The molecule has 0 aliphatic heterocycles. The minimum absolute atomic E-state index is 0.0827. The summed E-state index contributed by atoms with van der Waals surface area (Å²) >= 11 is 0. The number of hydrogen-bond acceptors (Lipinski definition) is 3. The standard InChI is InChI=1S/C19H21FO3/c1-3-5-6-14-7-10-16(11-8-14)23-18-12-9-15(13-17(18)20)19(21)22-4-2/h7-13H,3-6H2,1-2H3. The molecule has 2 rings (SSSR count). The molecule has 0 radical (unpaired) electrons. The number of benzene rings is 2. The number of aryl methyl sites for hydroxylation is 1. The van der Waals surface area contributed by atoms with Gasteiger partial charge in [0.15, 0.2) is 11.6 Å². The topological polar surface area (TPSA) is 35.5 Å². The maximum Gasteiger partial charge on any atom is 0.338 e. The lowest BCUT2D eigenvalue weighted by Gasteiger charge is -2.09. The smallest absolute Gasteiger partial charge is 0.338 e. The maximum atomic E-state index is 14.0. The summed E-state index contributed by atoms with van der Waals surface area (Å²) in [6.45, 7) is 4.11. The lowest BCUT2D eigenvalue weighted by atomic mass is 10.1. The first kappa shape index (κ1) is 17.0. The third-order valence-corrected chi connectivity index (χ3v) is 3.41. The molecule has 0 aliphatic carbocycles. The van der Waals surface area contributed by atoms with Gasteiger partial charge in [0, 0.05) is 0 Å². The van der Waals surface area contributed by atoms with Crippen LogP contribution in [-0.2, 0) is 11.2 Å². The molecule has 0 unspecified atom stereocenters. The Morgan fingerprint density at radius 2 is 1.83 bits per heavy atom. The Hall–Kier alpha value is -2.36. The van der Waals surface area contributed by atoms with Gasteiger partial charge in [0.1, 0.15) is 5.75 Å². The number of ether oxygens (including phenoxy) is 2. The summed E-state index contributed by atoms with van der Waals surface area (Å²) in [6, 6.07) is 11.7. The molecular weight excluding hydrogens is 295 g/mol. The number of carbonyl (C=O) groups is 1. The van der Waals surface area contributed by atoms with E-state index in [0.717, 1.165) is 25.3 Å². The highest BCUT2D eigenvalue weighted by molar-refractivity contribution is 5.89. The minimum Gasteiger partial charge on any atom is -0.462 e. The Morgan fingerprint density at radius 3 is 2.43 bits per heavy atom. The summed E-state index contributed by atoms with van der Waals surface area (Å²) in [5.41, 5.74) is 1.41. The first-order chi connectivity index (χ1) is 11.1. The zero-order valence-electron chi connectivity index (χ0n) is 13.5. The van der Waals surface area contributed by atoms with E-state index in [-0.39, 0.29) is 17.9 Å². The van der Waals surface area contributed by atoms with E-state index in [0.29, 0.717) is 5.75 Å². The molecule has 0 saturated heterocycles. The number of carbonyl (C=O) groups excluding carboxylic acids is 1. The molecule has 0 spiro atoms. The molecule has 122 valence electrons. The van der Waals surface area contributed by atoms with Crippen LogP contribution in [0.4, 0.5) is 4.39 Å². The molecule has 3 nitrogen and oxygen atoms in total. The number of unbranched alkanes of at least 4 members (excludes halogenated alkanes) is 1. The van der Waals surface area contributed by atoms with Crippen LogP contribution in [0.25, 0.3) is 0 Å². The van der Waals surface area contributed by atoms with E-state index < -0.39 is 11.8 Å². The molecule has 0 fully saturated rings. The molecule has 2 aromatic rings. The fourth-order valence-electron chi connectivity index (χ4n) is 2.16. The van der Waals surface area contributed by atoms with Crippen molar-refractivity contribution in [3.05, 3.63) is 59.4 Å². The molecule has 0 aromatic heterocycles. The average Bonchev–Trinajstić information content (AvgIpc) is 2.56. The lowest BCUT2D eigenvalue weighted by molar-refractivity contribution is 0.0525. The highest BCUT2D eigenvalue weighted by Crippen LogP contribution is 2.26. The molecule has 4 heteroatoms. The van der Waals surface area contributed by atoms with Crippen LogP contribution in [0.2, 0.25) is 0 Å². The predicted molar refractivity (Wildman–Crippen MR) is 87.5 cm³/mol. The Labute approximate surface area is 136 Å². The van der Waals surface area contributed by atoms with E-state index in [1.54, 1.807) is 6.92 Å². The Bertz CT molecular complexity index is 650. The van der Waals surface area contributed by atoms with Gasteiger partial charge in [0.05, 0.1) is 12.2 Å². The Morgan fingerprint density at radius 1 is 1.09 bits per heavy atom. The van der Waals surface area contributed by atoms with Crippen LogP contribution in [0.3, 0.4) is 0 Å². The molecule has 23 heavy (non-hydrogen) atoms. The molecule has 0 heterocycles. The number of rotatable bonds is 7. The van der Waals surface area contributed by atoms with Gasteiger partial charge < -0.3 is 9.47 Å². The molecule has 0 aliphatic rings. The van der Waals surface area contributed by atoms with E-state index in [4.69, 9.17) is 9.47 Å². The molecular formula is C19H21FO3. The van der Waals surface area contributed by atoms with Gasteiger partial charge in [0.2, 0.25) is 0 Å². The van der Waals surface area contributed by atoms with Crippen molar-refractivity contribution >= 4 is 5.97 Å². The van der Waals surface area contributed by atoms with Crippen LogP contribution in [0.15, 0.2) is 42.5 Å². The van der Waals surface area contributed by atoms with Gasteiger partial charge in [-0.05, 0) is 55.7 Å². The van der Waals surface area contributed by atoms with Gasteiger partial charge in [-0.25, -0.2) is 9.18 Å². The largest absolute Gasteiger partial charge is 0.462 e. The van der Waals surface area contributed by atoms with Crippen LogP contribution in [0.5, 0.6) is 11.5 Å². The summed E-state index contributed by atoms with van der Waals surface area (Å²) in [7, 11) is 0. The molecule has 0 N–H and O–H groups in total. The van der Waals surface area contributed by atoms with Crippen molar-refractivity contribution in [3.63, 3.8) is 0 Å². The SMILES string of the molecule is CCCCc1ccc(Oc2ccc(C(=O)OCC)cc2F)cc1. The van der Waals surface area contributed by atoms with Crippen LogP contribution in [-0.4, -0.2) is 12.6 Å². The number of esters is 1. The third-order valence-electron chi connectivity index (χ3n) is 3.41. The summed E-state index contributed by atoms with van der Waals surface area (Å²) < 4.78 is 24.4. The first-order valence-corrected chi connectivity index (χ1v) is 7.87. The minimum atomic E-state index is -0.592. The van der Waals surface area contributed by atoms with Gasteiger partial charge in [-0.1, -0.05) is 25.5 Å². The number of halogens is 1. The van der Waals surface area contributed by atoms with Crippen molar-refractivity contribution in [1.29, 1.82) is 0 Å². The van der Waals surface area contributed by atoms with Gasteiger partial charge in [-0.2, -0.15) is 0 Å². The summed E-state index contributed by atoms with van der Waals surface area (Å²) in [5.74, 6) is -0.490. The quantitative estimate of drug-likeness (QED) is 0.664. The summed E-state index contributed by atoms with van der Waals surface area (Å²) in [5, 5.41) is 0. The third kappa shape index (κ3) is 4.81. The van der Waals surface area contributed by atoms with Crippen molar-refractivity contribution < 1.29 is 18.7 Å². The zero-order chi connectivity index (χ0) is 16.7. The molecule has 0 atom stereocenters. The maximum absolute atomic E-state index is 14.0. The monoisotopic (exact) mass is 316 g/mol. The Kier molecular flexibility index (Phi) is 6.15. The van der Waals surface area contributed by atoms with Gasteiger partial charge in [-0.15, -0.1) is 0 Å². The van der Waals surface area contributed by atoms with Crippen molar-refractivity contribution in [3.8, 4) is 11.5 Å². The molecule has 2 aromatic carbocycles. The van der Waals surface area contributed by atoms with Gasteiger partial charge in [-0.3, -0.25) is 0 Å². The fourth-order valence-corrected chi connectivity index (χ4v) is 2.16. The second-order valence-electron chi connectivity index (χ2n) is 5.22. The lowest BCUT2D eigenvalue weighted by Crippen LogP contribution is -2.05. The molecule has 0 bridgehead atoms. The highest BCUT2D eigenvalue weighted by Gasteiger charge is 2.12. The number of hydrogen-bond donors (Lipinski definition) is 0. The summed E-state index contributed by atoms with van der Waals surface area (Å²) in [6.07, 6.45) is 3.32. The Balaban J connectivity index is 2.06. The van der Waals surface area contributed by atoms with Crippen molar-refractivity contribution in [2.75, 3.05) is 6.61 Å². The van der Waals surface area contributed by atoms with Gasteiger partial charge >= 0.3 is 5.97 Å². The average molecular weight is 316 g/mol. The zero-order valence-corrected chi connectivity index (χ0v) is 13.5. The predicted octanol–water partition coefficient (Wildman–Crippen LogP) is 5.14. The molecule has 0 amide bonds. The van der Waals surface area contributed by atoms with E-state index in [2.05, 4.69) is 6.92 Å². The normalized spacial score (nSPS) is 10.4. The first-order valence-electron chi connectivity index (χ1n) is 7.87.